The minimum atomic E-state index is -0.571. The van der Waals surface area contributed by atoms with Crippen molar-refractivity contribution >= 4 is 6.03 Å². The van der Waals surface area contributed by atoms with E-state index in [4.69, 9.17) is 15.1 Å². The van der Waals surface area contributed by atoms with Crippen molar-refractivity contribution in [3.05, 3.63) is 12.3 Å². The zero-order valence-electron chi connectivity index (χ0n) is 8.67. The number of rotatable bonds is 3. The topological polar surface area (TPSA) is 94.1 Å². The summed E-state index contributed by atoms with van der Waals surface area (Å²) in [4.78, 5) is 13.0. The van der Waals surface area contributed by atoms with Gasteiger partial charge in [-0.25, -0.2) is 4.79 Å². The first kappa shape index (κ1) is 11.3. The van der Waals surface area contributed by atoms with E-state index in [0.29, 0.717) is 6.42 Å². The van der Waals surface area contributed by atoms with Crippen molar-refractivity contribution in [1.82, 2.24) is 15.7 Å². The number of amides is 2. The molecule has 90 valence electrons. The molecule has 1 fully saturated rings. The van der Waals surface area contributed by atoms with Gasteiger partial charge in [0.15, 0.2) is 0 Å². The second kappa shape index (κ2) is 4.79. The van der Waals surface area contributed by atoms with Crippen LogP contribution in [-0.4, -0.2) is 46.3 Å². The number of hydrogen-bond acceptors (Lipinski definition) is 5. The highest BCUT2D eigenvalue weighted by atomic mass is 16.5. The second-order valence-corrected chi connectivity index (χ2v) is 3.78. The largest absolute Gasteiger partial charge is 0.394 e. The SMILES string of the molecule is O=C1NC(NO)C=CN1C1CCC(CO)O1. The van der Waals surface area contributed by atoms with Gasteiger partial charge in [-0.3, -0.25) is 4.90 Å². The maximum atomic E-state index is 11.6. The molecule has 0 aromatic rings. The molecular formula is C9H15N3O4. The van der Waals surface area contributed by atoms with Gasteiger partial charge in [0.25, 0.3) is 0 Å². The molecule has 7 nitrogen and oxygen atoms in total. The van der Waals surface area contributed by atoms with Crippen molar-refractivity contribution in [1.29, 1.82) is 0 Å². The number of aliphatic hydroxyl groups excluding tert-OH is 1. The molecule has 0 aliphatic carbocycles. The molecular weight excluding hydrogens is 214 g/mol. The summed E-state index contributed by atoms with van der Waals surface area (Å²) < 4.78 is 5.47. The predicted molar refractivity (Wildman–Crippen MR) is 53.2 cm³/mol. The van der Waals surface area contributed by atoms with Crippen LogP contribution in [0, 0.1) is 0 Å². The van der Waals surface area contributed by atoms with Gasteiger partial charge in [0.1, 0.15) is 12.4 Å². The number of aliphatic hydroxyl groups is 1. The van der Waals surface area contributed by atoms with Gasteiger partial charge < -0.3 is 20.4 Å². The molecule has 2 heterocycles. The van der Waals surface area contributed by atoms with Gasteiger partial charge in [0.05, 0.1) is 12.7 Å². The van der Waals surface area contributed by atoms with E-state index >= 15 is 0 Å². The third-order valence-corrected chi connectivity index (χ3v) is 2.69. The highest BCUT2D eigenvalue weighted by molar-refractivity contribution is 5.77. The Hall–Kier alpha value is -1.15. The maximum Gasteiger partial charge on any atom is 0.325 e. The van der Waals surface area contributed by atoms with E-state index in [1.165, 1.54) is 4.90 Å². The first-order valence-corrected chi connectivity index (χ1v) is 5.17. The minimum Gasteiger partial charge on any atom is -0.394 e. The van der Waals surface area contributed by atoms with Crippen molar-refractivity contribution < 1.29 is 19.8 Å². The van der Waals surface area contributed by atoms with Gasteiger partial charge in [-0.15, -0.1) is 0 Å². The number of urea groups is 1. The predicted octanol–water partition coefficient (Wildman–Crippen LogP) is -0.672. The highest BCUT2D eigenvalue weighted by Gasteiger charge is 2.33. The summed E-state index contributed by atoms with van der Waals surface area (Å²) in [6.45, 7) is -0.0313. The molecule has 0 saturated carbocycles. The number of carbonyl (C=O) groups is 1. The van der Waals surface area contributed by atoms with Gasteiger partial charge in [-0.05, 0) is 18.9 Å². The summed E-state index contributed by atoms with van der Waals surface area (Å²) in [6, 6.07) is -0.336. The monoisotopic (exact) mass is 229 g/mol. The van der Waals surface area contributed by atoms with Crippen molar-refractivity contribution in [2.45, 2.75) is 31.3 Å². The van der Waals surface area contributed by atoms with Crippen molar-refractivity contribution in [2.75, 3.05) is 6.61 Å². The maximum absolute atomic E-state index is 11.6. The summed E-state index contributed by atoms with van der Waals surface area (Å²) in [7, 11) is 0. The van der Waals surface area contributed by atoms with E-state index in [2.05, 4.69) is 5.32 Å². The number of hydrogen-bond donors (Lipinski definition) is 4. The fourth-order valence-corrected chi connectivity index (χ4v) is 1.83. The Morgan fingerprint density at radius 1 is 1.62 bits per heavy atom. The molecule has 1 saturated heterocycles. The Bertz CT molecular complexity index is 296. The summed E-state index contributed by atoms with van der Waals surface area (Å²) in [6.07, 6.45) is 3.50. The van der Waals surface area contributed by atoms with Crippen LogP contribution in [0.4, 0.5) is 4.79 Å². The molecule has 3 unspecified atom stereocenters. The highest BCUT2D eigenvalue weighted by Crippen LogP contribution is 2.23. The standard InChI is InChI=1S/C9H15N3O4/c13-5-6-1-2-8(16-6)12-4-3-7(11-15)10-9(12)14/h3-4,6-8,11,13,15H,1-2,5H2,(H,10,14). The molecule has 0 radical (unpaired) electrons. The van der Waals surface area contributed by atoms with E-state index in [9.17, 15) is 4.79 Å². The molecule has 3 atom stereocenters. The van der Waals surface area contributed by atoms with E-state index < -0.39 is 6.17 Å². The van der Waals surface area contributed by atoms with Gasteiger partial charge in [0.2, 0.25) is 0 Å². The van der Waals surface area contributed by atoms with E-state index in [1.54, 1.807) is 12.3 Å². The Balaban J connectivity index is 1.98. The Morgan fingerprint density at radius 2 is 2.44 bits per heavy atom. The van der Waals surface area contributed by atoms with Crippen LogP contribution in [0.2, 0.25) is 0 Å². The lowest BCUT2D eigenvalue weighted by Crippen LogP contribution is -2.53. The normalized spacial score (nSPS) is 34.2. The van der Waals surface area contributed by atoms with E-state index in [1.807, 2.05) is 5.48 Å². The fraction of sp³-hybridized carbons (Fsp3) is 0.667. The first-order chi connectivity index (χ1) is 7.74. The molecule has 0 spiro atoms. The van der Waals surface area contributed by atoms with Crippen LogP contribution >= 0.6 is 0 Å². The van der Waals surface area contributed by atoms with Crippen LogP contribution in [0.15, 0.2) is 12.3 Å². The molecule has 7 heteroatoms. The number of hydroxylamine groups is 1. The number of ether oxygens (including phenoxy) is 1. The third kappa shape index (κ3) is 2.17. The zero-order valence-corrected chi connectivity index (χ0v) is 8.67. The van der Waals surface area contributed by atoms with Crippen LogP contribution in [0.3, 0.4) is 0 Å². The van der Waals surface area contributed by atoms with Crippen molar-refractivity contribution in [3.63, 3.8) is 0 Å². The third-order valence-electron chi connectivity index (χ3n) is 2.69. The lowest BCUT2D eigenvalue weighted by molar-refractivity contribution is -0.0384. The summed E-state index contributed by atoms with van der Waals surface area (Å²) in [5.41, 5.74) is 1.94. The second-order valence-electron chi connectivity index (χ2n) is 3.78. The minimum absolute atomic E-state index is 0.0313. The van der Waals surface area contributed by atoms with Crippen LogP contribution in [0.5, 0.6) is 0 Å². The van der Waals surface area contributed by atoms with Gasteiger partial charge in [0, 0.05) is 6.20 Å². The molecule has 2 aliphatic rings. The lowest BCUT2D eigenvalue weighted by Gasteiger charge is -2.30. The molecule has 0 bridgehead atoms. The molecule has 2 rings (SSSR count). The first-order valence-electron chi connectivity index (χ1n) is 5.17. The van der Waals surface area contributed by atoms with Gasteiger partial charge in [-0.2, -0.15) is 5.48 Å². The van der Waals surface area contributed by atoms with Crippen LogP contribution in [0.1, 0.15) is 12.8 Å². The van der Waals surface area contributed by atoms with Crippen LogP contribution in [-0.2, 0) is 4.74 Å². The van der Waals surface area contributed by atoms with Crippen LogP contribution in [0.25, 0.3) is 0 Å². The van der Waals surface area contributed by atoms with E-state index in [-0.39, 0.29) is 25.0 Å². The summed E-state index contributed by atoms with van der Waals surface area (Å²) >= 11 is 0. The molecule has 0 aromatic heterocycles. The van der Waals surface area contributed by atoms with E-state index in [0.717, 1.165) is 6.42 Å². The molecule has 0 aromatic carbocycles. The summed E-state index contributed by atoms with van der Waals surface area (Å²) in [5.74, 6) is 0. The molecule has 4 N–H and O–H groups in total. The summed E-state index contributed by atoms with van der Waals surface area (Å²) in [5, 5.41) is 20.1. The Labute approximate surface area is 92.6 Å². The Morgan fingerprint density at radius 3 is 3.00 bits per heavy atom. The zero-order chi connectivity index (χ0) is 11.5. The molecule has 16 heavy (non-hydrogen) atoms. The molecule has 2 amide bonds. The van der Waals surface area contributed by atoms with Crippen molar-refractivity contribution in [3.8, 4) is 0 Å². The number of nitrogens with one attached hydrogen (secondary N) is 2. The van der Waals surface area contributed by atoms with Gasteiger partial charge >= 0.3 is 6.03 Å². The average molecular weight is 229 g/mol. The van der Waals surface area contributed by atoms with Crippen LogP contribution < -0.4 is 10.8 Å². The average Bonchev–Trinajstić information content (AvgIpc) is 2.77. The fourth-order valence-electron chi connectivity index (χ4n) is 1.83. The Kier molecular flexibility index (Phi) is 3.39. The molecule has 2 aliphatic heterocycles. The number of nitrogens with zero attached hydrogens (tertiary/aromatic N) is 1. The smallest absolute Gasteiger partial charge is 0.325 e. The quantitative estimate of drug-likeness (QED) is 0.481. The van der Waals surface area contributed by atoms with Gasteiger partial charge in [-0.1, -0.05) is 0 Å². The number of carbonyl (C=O) groups excluding carboxylic acids is 1. The van der Waals surface area contributed by atoms with Crippen molar-refractivity contribution in [2.24, 2.45) is 0 Å². The lowest BCUT2D eigenvalue weighted by atomic mass is 10.2.